The van der Waals surface area contributed by atoms with E-state index in [0.717, 1.165) is 5.92 Å². The molecule has 4 nitrogen and oxygen atoms in total. The first-order valence-electron chi connectivity index (χ1n) is 6.09. The van der Waals surface area contributed by atoms with E-state index in [1.54, 1.807) is 6.07 Å². The molecule has 0 saturated heterocycles. The molecule has 1 aliphatic carbocycles. The van der Waals surface area contributed by atoms with Crippen molar-refractivity contribution in [2.75, 3.05) is 0 Å². The van der Waals surface area contributed by atoms with Gasteiger partial charge in [-0.1, -0.05) is 19.4 Å². The SMILES string of the molecule is CCCC1CC1NCc1ccc(O)c(O)c1O. The summed E-state index contributed by atoms with van der Waals surface area (Å²) in [5.74, 6) is -0.204. The van der Waals surface area contributed by atoms with Gasteiger partial charge in [0.2, 0.25) is 5.75 Å². The lowest BCUT2D eigenvalue weighted by atomic mass is 10.1. The summed E-state index contributed by atoms with van der Waals surface area (Å²) in [6.45, 7) is 2.70. The zero-order chi connectivity index (χ0) is 12.4. The van der Waals surface area contributed by atoms with Gasteiger partial charge in [-0.05, 0) is 24.8 Å². The predicted molar refractivity (Wildman–Crippen MR) is 65.1 cm³/mol. The third-order valence-electron chi connectivity index (χ3n) is 3.35. The molecule has 1 saturated carbocycles. The maximum atomic E-state index is 9.63. The number of hydrogen-bond acceptors (Lipinski definition) is 4. The predicted octanol–water partition coefficient (Wildman–Crippen LogP) is 2.08. The molecule has 1 aromatic rings. The van der Waals surface area contributed by atoms with E-state index in [-0.39, 0.29) is 11.5 Å². The molecule has 2 atom stereocenters. The lowest BCUT2D eigenvalue weighted by molar-refractivity contribution is 0.364. The Kier molecular flexibility index (Phi) is 3.43. The summed E-state index contributed by atoms with van der Waals surface area (Å²) in [5, 5.41) is 31.5. The van der Waals surface area contributed by atoms with Crippen LogP contribution in [0.1, 0.15) is 31.7 Å². The highest BCUT2D eigenvalue weighted by Gasteiger charge is 2.35. The van der Waals surface area contributed by atoms with E-state index in [1.165, 1.54) is 25.3 Å². The van der Waals surface area contributed by atoms with Crippen LogP contribution in [0.3, 0.4) is 0 Å². The normalized spacial score (nSPS) is 22.6. The van der Waals surface area contributed by atoms with Crippen molar-refractivity contribution in [2.45, 2.75) is 38.8 Å². The van der Waals surface area contributed by atoms with Crippen LogP contribution in [0.4, 0.5) is 0 Å². The molecule has 4 heteroatoms. The van der Waals surface area contributed by atoms with Crippen LogP contribution >= 0.6 is 0 Å². The molecule has 94 valence electrons. The summed E-state index contributed by atoms with van der Waals surface area (Å²) in [7, 11) is 0. The molecule has 0 radical (unpaired) electrons. The second kappa shape index (κ2) is 4.84. The van der Waals surface area contributed by atoms with Crippen molar-refractivity contribution in [3.63, 3.8) is 0 Å². The maximum absolute atomic E-state index is 9.63. The molecule has 2 unspecified atom stereocenters. The highest BCUT2D eigenvalue weighted by Crippen LogP contribution is 2.38. The third kappa shape index (κ3) is 2.64. The molecule has 0 aliphatic heterocycles. The number of phenols is 3. The first kappa shape index (κ1) is 12.0. The lowest BCUT2D eigenvalue weighted by Gasteiger charge is -2.08. The van der Waals surface area contributed by atoms with Crippen molar-refractivity contribution < 1.29 is 15.3 Å². The Labute approximate surface area is 101 Å². The zero-order valence-corrected chi connectivity index (χ0v) is 9.98. The molecule has 17 heavy (non-hydrogen) atoms. The summed E-state index contributed by atoms with van der Waals surface area (Å²) in [6, 6.07) is 3.54. The van der Waals surface area contributed by atoms with Crippen molar-refractivity contribution in [3.05, 3.63) is 17.7 Å². The molecular formula is C13H19NO3. The number of hydrogen-bond donors (Lipinski definition) is 4. The number of nitrogens with one attached hydrogen (secondary N) is 1. The minimum Gasteiger partial charge on any atom is -0.504 e. The molecule has 0 amide bonds. The van der Waals surface area contributed by atoms with Gasteiger partial charge in [0, 0.05) is 18.2 Å². The van der Waals surface area contributed by atoms with Gasteiger partial charge in [0.25, 0.3) is 0 Å². The average Bonchev–Trinajstić information content (AvgIpc) is 3.04. The highest BCUT2D eigenvalue weighted by molar-refractivity contribution is 5.53. The van der Waals surface area contributed by atoms with E-state index in [2.05, 4.69) is 12.2 Å². The highest BCUT2D eigenvalue weighted by atomic mass is 16.3. The summed E-state index contributed by atoms with van der Waals surface area (Å²) < 4.78 is 0. The summed E-state index contributed by atoms with van der Waals surface area (Å²) in [4.78, 5) is 0. The van der Waals surface area contributed by atoms with Crippen molar-refractivity contribution in [2.24, 2.45) is 5.92 Å². The zero-order valence-electron chi connectivity index (χ0n) is 9.98. The van der Waals surface area contributed by atoms with Crippen molar-refractivity contribution in [1.29, 1.82) is 0 Å². The van der Waals surface area contributed by atoms with Crippen LogP contribution in [-0.4, -0.2) is 21.4 Å². The average molecular weight is 237 g/mol. The molecule has 1 fully saturated rings. The molecular weight excluding hydrogens is 218 g/mol. The van der Waals surface area contributed by atoms with E-state index < -0.39 is 5.75 Å². The Hall–Kier alpha value is -1.42. The van der Waals surface area contributed by atoms with Crippen LogP contribution in [0.15, 0.2) is 12.1 Å². The first-order valence-corrected chi connectivity index (χ1v) is 6.09. The summed E-state index contributed by atoms with van der Waals surface area (Å²) in [5.41, 5.74) is 0.613. The molecule has 4 N–H and O–H groups in total. The van der Waals surface area contributed by atoms with Gasteiger partial charge in [-0.15, -0.1) is 0 Å². The summed E-state index contributed by atoms with van der Waals surface area (Å²) >= 11 is 0. The Balaban J connectivity index is 1.90. The Morgan fingerprint density at radius 2 is 2.00 bits per heavy atom. The molecule has 0 bridgehead atoms. The van der Waals surface area contributed by atoms with Gasteiger partial charge < -0.3 is 20.6 Å². The van der Waals surface area contributed by atoms with E-state index in [1.807, 2.05) is 0 Å². The fraction of sp³-hybridized carbons (Fsp3) is 0.538. The van der Waals surface area contributed by atoms with Gasteiger partial charge in [0.05, 0.1) is 0 Å². The van der Waals surface area contributed by atoms with E-state index in [0.29, 0.717) is 18.2 Å². The monoisotopic (exact) mass is 237 g/mol. The Bertz CT molecular complexity index is 406. The Morgan fingerprint density at radius 1 is 1.24 bits per heavy atom. The van der Waals surface area contributed by atoms with Gasteiger partial charge in [-0.2, -0.15) is 0 Å². The maximum Gasteiger partial charge on any atom is 0.200 e. The van der Waals surface area contributed by atoms with Crippen LogP contribution in [0.25, 0.3) is 0 Å². The quantitative estimate of drug-likeness (QED) is 0.592. The number of aromatic hydroxyl groups is 3. The molecule has 0 heterocycles. The Morgan fingerprint density at radius 3 is 2.71 bits per heavy atom. The second-order valence-electron chi connectivity index (χ2n) is 4.71. The molecule has 0 aromatic heterocycles. The van der Waals surface area contributed by atoms with Gasteiger partial charge in [0.15, 0.2) is 11.5 Å². The fourth-order valence-electron chi connectivity index (χ4n) is 2.18. The van der Waals surface area contributed by atoms with Gasteiger partial charge in [0.1, 0.15) is 0 Å². The summed E-state index contributed by atoms with van der Waals surface area (Å²) in [6.07, 6.45) is 3.64. The standard InChI is InChI=1S/C13H19NO3/c1-2-3-8-6-10(8)14-7-9-4-5-11(15)13(17)12(9)16/h4-5,8,10,14-17H,2-3,6-7H2,1H3. The van der Waals surface area contributed by atoms with Crippen molar-refractivity contribution in [3.8, 4) is 17.2 Å². The largest absolute Gasteiger partial charge is 0.504 e. The smallest absolute Gasteiger partial charge is 0.200 e. The molecule has 1 aliphatic rings. The van der Waals surface area contributed by atoms with Crippen LogP contribution < -0.4 is 5.32 Å². The number of benzene rings is 1. The molecule has 2 rings (SSSR count). The third-order valence-corrected chi connectivity index (χ3v) is 3.35. The van der Waals surface area contributed by atoms with E-state index in [9.17, 15) is 15.3 Å². The topological polar surface area (TPSA) is 72.7 Å². The van der Waals surface area contributed by atoms with Gasteiger partial charge in [-0.25, -0.2) is 0 Å². The second-order valence-corrected chi connectivity index (χ2v) is 4.71. The van der Waals surface area contributed by atoms with E-state index >= 15 is 0 Å². The molecule has 0 spiro atoms. The van der Waals surface area contributed by atoms with Crippen LogP contribution in [-0.2, 0) is 6.54 Å². The molecule has 1 aromatic carbocycles. The first-order chi connectivity index (χ1) is 8.13. The number of phenolic OH excluding ortho intramolecular Hbond substituents is 3. The number of rotatable bonds is 5. The minimum atomic E-state index is -0.440. The van der Waals surface area contributed by atoms with Crippen molar-refractivity contribution in [1.82, 2.24) is 5.32 Å². The fourth-order valence-corrected chi connectivity index (χ4v) is 2.18. The van der Waals surface area contributed by atoms with E-state index in [4.69, 9.17) is 0 Å². The van der Waals surface area contributed by atoms with Crippen LogP contribution in [0, 0.1) is 5.92 Å². The van der Waals surface area contributed by atoms with Gasteiger partial charge in [-0.3, -0.25) is 0 Å². The van der Waals surface area contributed by atoms with Crippen LogP contribution in [0.5, 0.6) is 17.2 Å². The minimum absolute atomic E-state index is 0.231. The van der Waals surface area contributed by atoms with Crippen LogP contribution in [0.2, 0.25) is 0 Å². The van der Waals surface area contributed by atoms with Gasteiger partial charge >= 0.3 is 0 Å². The van der Waals surface area contributed by atoms with Crippen molar-refractivity contribution >= 4 is 0 Å². The lowest BCUT2D eigenvalue weighted by Crippen LogP contribution is -2.17.